The minimum absolute atomic E-state index is 1.00. The van der Waals surface area contributed by atoms with Crippen LogP contribution in [-0.4, -0.2) is 0 Å². The summed E-state index contributed by atoms with van der Waals surface area (Å²) in [6.07, 6.45) is 5.67. The Hall–Kier alpha value is -2.08. The summed E-state index contributed by atoms with van der Waals surface area (Å²) in [4.78, 5) is 0. The summed E-state index contributed by atoms with van der Waals surface area (Å²) < 4.78 is 0. The highest BCUT2D eigenvalue weighted by molar-refractivity contribution is 5.93. The molecule has 105 valence electrons. The van der Waals surface area contributed by atoms with Crippen molar-refractivity contribution in [3.63, 3.8) is 0 Å². The van der Waals surface area contributed by atoms with Crippen LogP contribution < -0.4 is 0 Å². The van der Waals surface area contributed by atoms with Gasteiger partial charge in [-0.2, -0.15) is 0 Å². The first-order valence-electron chi connectivity index (χ1n) is 7.54. The van der Waals surface area contributed by atoms with Crippen LogP contribution in [0.25, 0.3) is 11.1 Å². The van der Waals surface area contributed by atoms with E-state index in [-0.39, 0.29) is 0 Å². The van der Waals surface area contributed by atoms with Gasteiger partial charge in [0.25, 0.3) is 0 Å². The number of hydrogen-bond donors (Lipinski definition) is 0. The van der Waals surface area contributed by atoms with E-state index in [1.165, 1.54) is 39.0 Å². The fourth-order valence-electron chi connectivity index (χ4n) is 2.88. The summed E-state index contributed by atoms with van der Waals surface area (Å²) in [5, 5.41) is 0. The SMILES string of the molecule is CC1=C(c2ccc(C)cc2)[CH]CC=C1c1ccc(C)cc1. The molecule has 2 aromatic carbocycles. The van der Waals surface area contributed by atoms with Crippen molar-refractivity contribution < 1.29 is 0 Å². The van der Waals surface area contributed by atoms with E-state index in [0.29, 0.717) is 0 Å². The molecule has 0 fully saturated rings. The topological polar surface area (TPSA) is 0 Å². The summed E-state index contributed by atoms with van der Waals surface area (Å²) >= 11 is 0. The summed E-state index contributed by atoms with van der Waals surface area (Å²) in [7, 11) is 0. The third kappa shape index (κ3) is 2.85. The first-order valence-corrected chi connectivity index (χ1v) is 7.54. The molecule has 0 nitrogen and oxygen atoms in total. The Bertz CT molecular complexity index is 695. The fourth-order valence-corrected chi connectivity index (χ4v) is 2.88. The van der Waals surface area contributed by atoms with Crippen LogP contribution in [0.15, 0.2) is 60.2 Å². The molecule has 0 heterocycles. The Labute approximate surface area is 127 Å². The van der Waals surface area contributed by atoms with Crippen molar-refractivity contribution in [1.82, 2.24) is 0 Å². The lowest BCUT2D eigenvalue weighted by Gasteiger charge is -2.20. The Kier molecular flexibility index (Phi) is 3.79. The van der Waals surface area contributed by atoms with Crippen LogP contribution in [0.3, 0.4) is 0 Å². The number of rotatable bonds is 2. The van der Waals surface area contributed by atoms with Gasteiger partial charge in [0.15, 0.2) is 0 Å². The Morgan fingerprint density at radius 2 is 1.19 bits per heavy atom. The highest BCUT2D eigenvalue weighted by Crippen LogP contribution is 2.36. The van der Waals surface area contributed by atoms with Gasteiger partial charge in [-0.15, -0.1) is 0 Å². The predicted molar refractivity (Wildman–Crippen MR) is 91.8 cm³/mol. The van der Waals surface area contributed by atoms with E-state index in [9.17, 15) is 0 Å². The maximum absolute atomic E-state index is 2.33. The second-order valence-electron chi connectivity index (χ2n) is 5.83. The predicted octanol–water partition coefficient (Wildman–Crippen LogP) is 5.77. The quantitative estimate of drug-likeness (QED) is 0.651. The van der Waals surface area contributed by atoms with Gasteiger partial charge < -0.3 is 0 Å². The highest BCUT2D eigenvalue weighted by Gasteiger charge is 2.15. The van der Waals surface area contributed by atoms with Crippen LogP contribution in [0.2, 0.25) is 0 Å². The highest BCUT2D eigenvalue weighted by atomic mass is 14.2. The second kappa shape index (κ2) is 5.73. The van der Waals surface area contributed by atoms with Gasteiger partial charge in [-0.1, -0.05) is 65.7 Å². The first kappa shape index (κ1) is 13.9. The van der Waals surface area contributed by atoms with Crippen LogP contribution in [0.5, 0.6) is 0 Å². The van der Waals surface area contributed by atoms with Crippen LogP contribution in [0, 0.1) is 20.3 Å². The third-order valence-corrected chi connectivity index (χ3v) is 4.18. The van der Waals surface area contributed by atoms with Crippen molar-refractivity contribution in [3.8, 4) is 0 Å². The lowest BCUT2D eigenvalue weighted by Crippen LogP contribution is -1.99. The molecule has 0 N–H and O–H groups in total. The molecule has 0 aromatic heterocycles. The number of benzene rings is 2. The number of aryl methyl sites for hydroxylation is 2. The van der Waals surface area contributed by atoms with Gasteiger partial charge in [0.1, 0.15) is 0 Å². The second-order valence-corrected chi connectivity index (χ2v) is 5.83. The van der Waals surface area contributed by atoms with E-state index in [1.54, 1.807) is 0 Å². The average molecular weight is 273 g/mol. The smallest absolute Gasteiger partial charge is 0.00461 e. The molecule has 21 heavy (non-hydrogen) atoms. The molecular formula is C21H21. The summed E-state index contributed by atoms with van der Waals surface area (Å²) in [5.74, 6) is 0. The van der Waals surface area contributed by atoms with Gasteiger partial charge in [-0.3, -0.25) is 0 Å². The minimum atomic E-state index is 1.00. The van der Waals surface area contributed by atoms with E-state index in [2.05, 4.69) is 81.8 Å². The molecule has 1 radical (unpaired) electrons. The summed E-state index contributed by atoms with van der Waals surface area (Å²) in [5.41, 5.74) is 9.35. The van der Waals surface area contributed by atoms with Gasteiger partial charge in [0.05, 0.1) is 0 Å². The molecule has 0 unspecified atom stereocenters. The monoisotopic (exact) mass is 273 g/mol. The van der Waals surface area contributed by atoms with Crippen LogP contribution >= 0.6 is 0 Å². The van der Waals surface area contributed by atoms with Crippen LogP contribution in [0.4, 0.5) is 0 Å². The molecule has 0 saturated heterocycles. The Morgan fingerprint density at radius 1 is 0.667 bits per heavy atom. The van der Waals surface area contributed by atoms with E-state index in [1.807, 2.05) is 0 Å². The Balaban J connectivity index is 2.02. The molecule has 1 aliphatic rings. The zero-order valence-electron chi connectivity index (χ0n) is 13.0. The molecule has 1 aliphatic carbocycles. The zero-order valence-corrected chi connectivity index (χ0v) is 13.0. The summed E-state index contributed by atoms with van der Waals surface area (Å²) in [6.45, 7) is 6.50. The standard InChI is InChI=1S/C21H21/c1-15-7-11-18(12-8-15)20-5-4-6-21(17(20)3)19-13-9-16(2)10-14-19/h5-14H,4H2,1-3H3. The van der Waals surface area contributed by atoms with Crippen LogP contribution in [-0.2, 0) is 0 Å². The number of hydrogen-bond acceptors (Lipinski definition) is 0. The molecule has 0 saturated carbocycles. The van der Waals surface area contributed by atoms with Crippen molar-refractivity contribution in [2.24, 2.45) is 0 Å². The van der Waals surface area contributed by atoms with Gasteiger partial charge >= 0.3 is 0 Å². The molecule has 0 bridgehead atoms. The van der Waals surface area contributed by atoms with E-state index >= 15 is 0 Å². The lowest BCUT2D eigenvalue weighted by atomic mass is 9.84. The number of allylic oxidation sites excluding steroid dienone is 4. The molecule has 0 aliphatic heterocycles. The Morgan fingerprint density at radius 3 is 1.76 bits per heavy atom. The van der Waals surface area contributed by atoms with Crippen molar-refractivity contribution >= 4 is 11.1 Å². The minimum Gasteiger partial charge on any atom is -0.0758 e. The molecule has 2 aromatic rings. The molecule has 0 amide bonds. The van der Waals surface area contributed by atoms with E-state index in [0.717, 1.165) is 6.42 Å². The molecule has 0 spiro atoms. The maximum Gasteiger partial charge on any atom is -0.00461 e. The van der Waals surface area contributed by atoms with Gasteiger partial charge in [-0.05, 0) is 61.5 Å². The van der Waals surface area contributed by atoms with E-state index < -0.39 is 0 Å². The largest absolute Gasteiger partial charge is 0.0758 e. The van der Waals surface area contributed by atoms with Gasteiger partial charge in [0.2, 0.25) is 0 Å². The van der Waals surface area contributed by atoms with Gasteiger partial charge in [-0.25, -0.2) is 0 Å². The fraction of sp³-hybridized carbons (Fsp3) is 0.190. The van der Waals surface area contributed by atoms with Crippen molar-refractivity contribution in [1.29, 1.82) is 0 Å². The van der Waals surface area contributed by atoms with Gasteiger partial charge in [0, 0.05) is 0 Å². The van der Waals surface area contributed by atoms with Crippen molar-refractivity contribution in [2.75, 3.05) is 0 Å². The normalized spacial score (nSPS) is 15.1. The van der Waals surface area contributed by atoms with Crippen molar-refractivity contribution in [2.45, 2.75) is 27.2 Å². The van der Waals surface area contributed by atoms with E-state index in [4.69, 9.17) is 0 Å². The average Bonchev–Trinajstić information content (AvgIpc) is 2.50. The van der Waals surface area contributed by atoms with Crippen molar-refractivity contribution in [3.05, 3.63) is 88.9 Å². The zero-order chi connectivity index (χ0) is 14.8. The van der Waals surface area contributed by atoms with Crippen LogP contribution in [0.1, 0.15) is 35.6 Å². The first-order chi connectivity index (χ1) is 10.1. The lowest BCUT2D eigenvalue weighted by molar-refractivity contribution is 1.24. The maximum atomic E-state index is 2.33. The summed E-state index contributed by atoms with van der Waals surface area (Å²) in [6, 6.07) is 17.7. The molecule has 3 rings (SSSR count). The third-order valence-electron chi connectivity index (χ3n) is 4.18. The molecule has 0 atom stereocenters. The molecule has 0 heteroatoms. The molecular weight excluding hydrogens is 252 g/mol.